The molecule has 0 aliphatic carbocycles. The van der Waals surface area contributed by atoms with Gasteiger partial charge in [-0.1, -0.05) is 6.92 Å². The zero-order valence-electron chi connectivity index (χ0n) is 9.66. The number of halogens is 1. The van der Waals surface area contributed by atoms with E-state index in [1.165, 1.54) is 6.20 Å². The minimum Gasteiger partial charge on any atom is -0.316 e. The standard InChI is InChI=1S/C11H15ClN4O/c1-2-11(4-6-13-7-11)9(17)15-8-3-5-14-10(12)16-8/h3,5,13H,2,4,6-7H2,1H3,(H,14,15,16,17). The summed E-state index contributed by atoms with van der Waals surface area (Å²) in [4.78, 5) is 19.9. The Kier molecular flexibility index (Phi) is 3.59. The Labute approximate surface area is 105 Å². The molecule has 1 aromatic heterocycles. The Morgan fingerprint density at radius 3 is 3.12 bits per heavy atom. The predicted molar refractivity (Wildman–Crippen MR) is 65.9 cm³/mol. The predicted octanol–water partition coefficient (Wildman–Crippen LogP) is 1.46. The van der Waals surface area contributed by atoms with Crippen molar-refractivity contribution in [2.45, 2.75) is 19.8 Å². The summed E-state index contributed by atoms with van der Waals surface area (Å²) >= 11 is 5.67. The maximum Gasteiger partial charge on any atom is 0.233 e. The van der Waals surface area contributed by atoms with Gasteiger partial charge < -0.3 is 10.6 Å². The van der Waals surface area contributed by atoms with E-state index in [2.05, 4.69) is 20.6 Å². The number of nitrogens with one attached hydrogen (secondary N) is 2. The molecule has 1 saturated heterocycles. The monoisotopic (exact) mass is 254 g/mol. The summed E-state index contributed by atoms with van der Waals surface area (Å²) in [6, 6.07) is 1.63. The Balaban J connectivity index is 2.10. The van der Waals surface area contributed by atoms with Crippen LogP contribution < -0.4 is 10.6 Å². The second kappa shape index (κ2) is 4.98. The molecule has 0 spiro atoms. The fourth-order valence-corrected chi connectivity index (χ4v) is 2.20. The Morgan fingerprint density at radius 2 is 2.53 bits per heavy atom. The van der Waals surface area contributed by atoms with E-state index in [-0.39, 0.29) is 16.6 Å². The lowest BCUT2D eigenvalue weighted by Crippen LogP contribution is -2.37. The van der Waals surface area contributed by atoms with Gasteiger partial charge in [0.15, 0.2) is 0 Å². The maximum absolute atomic E-state index is 12.2. The van der Waals surface area contributed by atoms with Gasteiger partial charge in [-0.05, 0) is 37.1 Å². The molecule has 5 nitrogen and oxygen atoms in total. The van der Waals surface area contributed by atoms with Gasteiger partial charge in [0.2, 0.25) is 11.2 Å². The molecule has 92 valence electrons. The fourth-order valence-electron chi connectivity index (χ4n) is 2.05. The zero-order valence-corrected chi connectivity index (χ0v) is 10.4. The molecule has 2 rings (SSSR count). The van der Waals surface area contributed by atoms with Gasteiger partial charge in [-0.2, -0.15) is 0 Å². The van der Waals surface area contributed by atoms with Crippen LogP contribution in [0.3, 0.4) is 0 Å². The quantitative estimate of drug-likeness (QED) is 0.802. The van der Waals surface area contributed by atoms with E-state index in [9.17, 15) is 4.79 Å². The third-order valence-electron chi connectivity index (χ3n) is 3.27. The van der Waals surface area contributed by atoms with Crippen LogP contribution in [0.4, 0.5) is 5.82 Å². The van der Waals surface area contributed by atoms with Gasteiger partial charge in [-0.25, -0.2) is 9.97 Å². The second-order valence-corrected chi connectivity index (χ2v) is 4.56. The van der Waals surface area contributed by atoms with Crippen LogP contribution in [0.5, 0.6) is 0 Å². The first-order chi connectivity index (χ1) is 8.16. The Bertz CT molecular complexity index is 418. The highest BCUT2D eigenvalue weighted by atomic mass is 35.5. The molecule has 1 amide bonds. The van der Waals surface area contributed by atoms with Crippen molar-refractivity contribution < 1.29 is 4.79 Å². The lowest BCUT2D eigenvalue weighted by molar-refractivity contribution is -0.124. The molecule has 2 N–H and O–H groups in total. The number of nitrogens with zero attached hydrogens (tertiary/aromatic N) is 2. The normalized spacial score (nSPS) is 23.6. The Morgan fingerprint density at radius 1 is 1.71 bits per heavy atom. The minimum atomic E-state index is -0.322. The van der Waals surface area contributed by atoms with Crippen LogP contribution in [0.1, 0.15) is 19.8 Å². The van der Waals surface area contributed by atoms with Gasteiger partial charge >= 0.3 is 0 Å². The molecule has 1 atom stereocenters. The third kappa shape index (κ3) is 2.56. The van der Waals surface area contributed by atoms with Crippen molar-refractivity contribution >= 4 is 23.3 Å². The van der Waals surface area contributed by atoms with Crippen LogP contribution in [0, 0.1) is 5.41 Å². The molecule has 1 unspecified atom stereocenters. The molecule has 1 fully saturated rings. The van der Waals surface area contributed by atoms with E-state index in [0.717, 1.165) is 19.4 Å². The molecular weight excluding hydrogens is 240 g/mol. The third-order valence-corrected chi connectivity index (χ3v) is 3.45. The highest BCUT2D eigenvalue weighted by Crippen LogP contribution is 2.30. The van der Waals surface area contributed by atoms with Crippen LogP contribution >= 0.6 is 11.6 Å². The first-order valence-corrected chi connectivity index (χ1v) is 6.05. The van der Waals surface area contributed by atoms with Crippen molar-refractivity contribution in [3.05, 3.63) is 17.5 Å². The fraction of sp³-hybridized carbons (Fsp3) is 0.545. The molecule has 0 aromatic carbocycles. The van der Waals surface area contributed by atoms with Crippen molar-refractivity contribution in [3.8, 4) is 0 Å². The van der Waals surface area contributed by atoms with Crippen LogP contribution in [0.25, 0.3) is 0 Å². The molecule has 17 heavy (non-hydrogen) atoms. The second-order valence-electron chi connectivity index (χ2n) is 4.23. The highest BCUT2D eigenvalue weighted by molar-refractivity contribution is 6.28. The number of carbonyl (C=O) groups excluding carboxylic acids is 1. The highest BCUT2D eigenvalue weighted by Gasteiger charge is 2.39. The SMILES string of the molecule is CCC1(C(=O)Nc2ccnc(Cl)n2)CCNC1. The average Bonchev–Trinajstić information content (AvgIpc) is 2.78. The maximum atomic E-state index is 12.2. The molecular formula is C11H15ClN4O. The number of rotatable bonds is 3. The number of hydrogen-bond acceptors (Lipinski definition) is 4. The average molecular weight is 255 g/mol. The van der Waals surface area contributed by atoms with E-state index < -0.39 is 0 Å². The van der Waals surface area contributed by atoms with E-state index in [4.69, 9.17) is 11.6 Å². The number of aromatic nitrogens is 2. The van der Waals surface area contributed by atoms with Crippen LogP contribution in [0.2, 0.25) is 5.28 Å². The van der Waals surface area contributed by atoms with Gasteiger partial charge in [-0.3, -0.25) is 4.79 Å². The lowest BCUT2D eigenvalue weighted by Gasteiger charge is -2.24. The molecule has 0 bridgehead atoms. The Hall–Kier alpha value is -1.20. The lowest BCUT2D eigenvalue weighted by atomic mass is 9.83. The molecule has 0 radical (unpaired) electrons. The topological polar surface area (TPSA) is 66.9 Å². The number of hydrogen-bond donors (Lipinski definition) is 2. The molecule has 1 aromatic rings. The van der Waals surface area contributed by atoms with E-state index in [0.29, 0.717) is 12.4 Å². The van der Waals surface area contributed by atoms with E-state index in [1.807, 2.05) is 6.92 Å². The zero-order chi connectivity index (χ0) is 12.3. The number of carbonyl (C=O) groups is 1. The van der Waals surface area contributed by atoms with Gasteiger partial charge in [0, 0.05) is 12.7 Å². The van der Waals surface area contributed by atoms with Gasteiger partial charge in [0.25, 0.3) is 0 Å². The van der Waals surface area contributed by atoms with Crippen molar-refractivity contribution in [1.82, 2.24) is 15.3 Å². The van der Waals surface area contributed by atoms with Crippen LogP contribution in [-0.2, 0) is 4.79 Å². The van der Waals surface area contributed by atoms with Gasteiger partial charge in [0.05, 0.1) is 5.41 Å². The first kappa shape index (κ1) is 12.3. The molecule has 1 aliphatic rings. The van der Waals surface area contributed by atoms with Crippen molar-refractivity contribution in [2.24, 2.45) is 5.41 Å². The first-order valence-electron chi connectivity index (χ1n) is 5.67. The van der Waals surface area contributed by atoms with E-state index >= 15 is 0 Å². The smallest absolute Gasteiger partial charge is 0.233 e. The van der Waals surface area contributed by atoms with Gasteiger partial charge in [0.1, 0.15) is 5.82 Å². The number of amides is 1. The van der Waals surface area contributed by atoms with Crippen LogP contribution in [0.15, 0.2) is 12.3 Å². The summed E-state index contributed by atoms with van der Waals surface area (Å²) in [5.41, 5.74) is -0.322. The summed E-state index contributed by atoms with van der Waals surface area (Å²) in [6.07, 6.45) is 3.19. The van der Waals surface area contributed by atoms with Crippen LogP contribution in [-0.4, -0.2) is 29.0 Å². The molecule has 1 aliphatic heterocycles. The minimum absolute atomic E-state index is 0.000216. The number of anilines is 1. The van der Waals surface area contributed by atoms with Crippen molar-refractivity contribution in [3.63, 3.8) is 0 Å². The summed E-state index contributed by atoms with van der Waals surface area (Å²) in [6.45, 7) is 3.62. The van der Waals surface area contributed by atoms with E-state index in [1.54, 1.807) is 6.07 Å². The summed E-state index contributed by atoms with van der Waals surface area (Å²) in [5, 5.41) is 6.16. The largest absolute Gasteiger partial charge is 0.316 e. The molecule has 6 heteroatoms. The summed E-state index contributed by atoms with van der Waals surface area (Å²) in [5.74, 6) is 0.453. The summed E-state index contributed by atoms with van der Waals surface area (Å²) < 4.78 is 0. The summed E-state index contributed by atoms with van der Waals surface area (Å²) in [7, 11) is 0. The molecule has 2 heterocycles. The van der Waals surface area contributed by atoms with Crippen molar-refractivity contribution in [2.75, 3.05) is 18.4 Å². The molecule has 0 saturated carbocycles. The van der Waals surface area contributed by atoms with Crippen molar-refractivity contribution in [1.29, 1.82) is 0 Å². The van der Waals surface area contributed by atoms with Gasteiger partial charge in [-0.15, -0.1) is 0 Å².